The first-order valence-electron chi connectivity index (χ1n) is 9.07. The highest BCUT2D eigenvalue weighted by Crippen LogP contribution is 2.35. The van der Waals surface area contributed by atoms with Gasteiger partial charge >= 0.3 is 0 Å². The molecule has 1 N–H and O–H groups in total. The van der Waals surface area contributed by atoms with Gasteiger partial charge in [-0.1, -0.05) is 0 Å². The zero-order valence-electron chi connectivity index (χ0n) is 15.9. The molecular weight excluding hydrogens is 346 g/mol. The van der Waals surface area contributed by atoms with E-state index in [2.05, 4.69) is 5.32 Å². The second-order valence-corrected chi connectivity index (χ2v) is 6.37. The van der Waals surface area contributed by atoms with Crippen molar-refractivity contribution < 1.29 is 23.7 Å². The molecule has 0 aromatic heterocycles. The largest absolute Gasteiger partial charge is 0.497 e. The number of benzene rings is 2. The van der Waals surface area contributed by atoms with Gasteiger partial charge in [-0.2, -0.15) is 0 Å². The molecule has 1 amide bonds. The van der Waals surface area contributed by atoms with Crippen LogP contribution < -0.4 is 24.3 Å². The summed E-state index contributed by atoms with van der Waals surface area (Å²) in [5, 5.41) is 2.87. The van der Waals surface area contributed by atoms with Crippen LogP contribution in [0.25, 0.3) is 0 Å². The van der Waals surface area contributed by atoms with Gasteiger partial charge in [-0.3, -0.25) is 4.79 Å². The standard InChI is InChI=1S/C21H25NO5/c1-4-25-19-10-15-9-14(2)27-20(15)11-16(19)12-22-21(23)13-26-18-7-5-17(24-3)6-8-18/h5-8,10-11,14H,4,9,12-13H2,1-3H3,(H,22,23)/t14-/m1/s1. The number of amides is 1. The molecule has 2 aromatic carbocycles. The van der Waals surface area contributed by atoms with E-state index in [1.54, 1.807) is 31.4 Å². The lowest BCUT2D eigenvalue weighted by atomic mass is 10.1. The van der Waals surface area contributed by atoms with Crippen LogP contribution in [-0.4, -0.2) is 32.3 Å². The van der Waals surface area contributed by atoms with Crippen LogP contribution in [0.15, 0.2) is 36.4 Å². The maximum absolute atomic E-state index is 12.1. The Balaban J connectivity index is 1.57. The average molecular weight is 371 g/mol. The first-order valence-corrected chi connectivity index (χ1v) is 9.07. The van der Waals surface area contributed by atoms with Crippen molar-refractivity contribution in [2.75, 3.05) is 20.3 Å². The van der Waals surface area contributed by atoms with E-state index in [0.717, 1.165) is 34.8 Å². The fraction of sp³-hybridized carbons (Fsp3) is 0.381. The molecule has 0 fully saturated rings. The summed E-state index contributed by atoms with van der Waals surface area (Å²) in [5.41, 5.74) is 2.03. The number of ether oxygens (including phenoxy) is 4. The molecule has 0 radical (unpaired) electrons. The Morgan fingerprint density at radius 3 is 2.63 bits per heavy atom. The smallest absolute Gasteiger partial charge is 0.258 e. The molecule has 2 aromatic rings. The van der Waals surface area contributed by atoms with Gasteiger partial charge in [0.05, 0.1) is 13.7 Å². The number of carbonyl (C=O) groups is 1. The molecule has 144 valence electrons. The lowest BCUT2D eigenvalue weighted by molar-refractivity contribution is -0.123. The zero-order valence-corrected chi connectivity index (χ0v) is 15.9. The molecule has 1 aliphatic heterocycles. The molecule has 1 aliphatic rings. The number of methoxy groups -OCH3 is 1. The molecule has 0 saturated heterocycles. The summed E-state index contributed by atoms with van der Waals surface area (Å²) in [7, 11) is 1.60. The van der Waals surface area contributed by atoms with Crippen molar-refractivity contribution >= 4 is 5.91 Å². The quantitative estimate of drug-likeness (QED) is 0.772. The Bertz CT molecular complexity index is 788. The number of hydrogen-bond acceptors (Lipinski definition) is 5. The molecule has 0 bridgehead atoms. The van der Waals surface area contributed by atoms with E-state index in [0.29, 0.717) is 18.9 Å². The second-order valence-electron chi connectivity index (χ2n) is 6.37. The van der Waals surface area contributed by atoms with Crippen molar-refractivity contribution in [3.8, 4) is 23.0 Å². The van der Waals surface area contributed by atoms with Gasteiger partial charge in [0.1, 0.15) is 29.1 Å². The summed E-state index contributed by atoms with van der Waals surface area (Å²) in [6.45, 7) is 4.84. The van der Waals surface area contributed by atoms with E-state index in [1.807, 2.05) is 26.0 Å². The Labute approximate surface area is 159 Å². The summed E-state index contributed by atoms with van der Waals surface area (Å²) in [6, 6.07) is 11.1. The van der Waals surface area contributed by atoms with Gasteiger partial charge in [-0.25, -0.2) is 0 Å². The van der Waals surface area contributed by atoms with Gasteiger partial charge in [-0.15, -0.1) is 0 Å². The number of hydrogen-bond donors (Lipinski definition) is 1. The van der Waals surface area contributed by atoms with Crippen LogP contribution in [0, 0.1) is 0 Å². The second kappa shape index (κ2) is 8.66. The van der Waals surface area contributed by atoms with Crippen molar-refractivity contribution in [1.29, 1.82) is 0 Å². The fourth-order valence-corrected chi connectivity index (χ4v) is 2.98. The van der Waals surface area contributed by atoms with E-state index in [-0.39, 0.29) is 18.6 Å². The zero-order chi connectivity index (χ0) is 19.2. The van der Waals surface area contributed by atoms with Gasteiger partial charge in [0.25, 0.3) is 5.91 Å². The van der Waals surface area contributed by atoms with Crippen molar-refractivity contribution in [3.63, 3.8) is 0 Å². The highest BCUT2D eigenvalue weighted by Gasteiger charge is 2.22. The Hall–Kier alpha value is -2.89. The normalized spacial score (nSPS) is 14.9. The fourth-order valence-electron chi connectivity index (χ4n) is 2.98. The average Bonchev–Trinajstić information content (AvgIpc) is 3.04. The van der Waals surface area contributed by atoms with Crippen LogP contribution in [-0.2, 0) is 17.8 Å². The highest BCUT2D eigenvalue weighted by molar-refractivity contribution is 5.77. The van der Waals surface area contributed by atoms with Gasteiger partial charge < -0.3 is 24.3 Å². The van der Waals surface area contributed by atoms with Crippen LogP contribution in [0.5, 0.6) is 23.0 Å². The van der Waals surface area contributed by atoms with E-state index < -0.39 is 0 Å². The monoisotopic (exact) mass is 371 g/mol. The first kappa shape index (κ1) is 18.9. The van der Waals surface area contributed by atoms with Gasteiger partial charge in [0.15, 0.2) is 6.61 Å². The number of fused-ring (bicyclic) bond motifs is 1. The molecule has 6 nitrogen and oxygen atoms in total. The van der Waals surface area contributed by atoms with Crippen LogP contribution in [0.4, 0.5) is 0 Å². The molecule has 0 aliphatic carbocycles. The molecule has 27 heavy (non-hydrogen) atoms. The van der Waals surface area contributed by atoms with Crippen molar-refractivity contribution in [1.82, 2.24) is 5.32 Å². The van der Waals surface area contributed by atoms with Crippen LogP contribution >= 0.6 is 0 Å². The summed E-state index contributed by atoms with van der Waals surface area (Å²) < 4.78 is 22.1. The third kappa shape index (κ3) is 4.84. The maximum Gasteiger partial charge on any atom is 0.258 e. The Morgan fingerprint density at radius 1 is 1.19 bits per heavy atom. The van der Waals surface area contributed by atoms with Crippen LogP contribution in [0.3, 0.4) is 0 Å². The number of rotatable bonds is 8. The number of carbonyl (C=O) groups excluding carboxylic acids is 1. The predicted octanol–water partition coefficient (Wildman–Crippen LogP) is 3.11. The SMILES string of the molecule is CCOc1cc2c(cc1CNC(=O)COc1ccc(OC)cc1)O[C@H](C)C2. The van der Waals surface area contributed by atoms with E-state index >= 15 is 0 Å². The molecule has 6 heteroatoms. The minimum Gasteiger partial charge on any atom is -0.497 e. The predicted molar refractivity (Wildman–Crippen MR) is 102 cm³/mol. The molecule has 0 unspecified atom stereocenters. The lowest BCUT2D eigenvalue weighted by Gasteiger charge is -2.13. The van der Waals surface area contributed by atoms with Crippen molar-refractivity contribution in [2.45, 2.75) is 32.9 Å². The minimum absolute atomic E-state index is 0.0607. The molecule has 0 spiro atoms. The summed E-state index contributed by atoms with van der Waals surface area (Å²) >= 11 is 0. The maximum atomic E-state index is 12.1. The minimum atomic E-state index is -0.206. The van der Waals surface area contributed by atoms with Gasteiger partial charge in [-0.05, 0) is 50.2 Å². The third-order valence-electron chi connectivity index (χ3n) is 4.28. The lowest BCUT2D eigenvalue weighted by Crippen LogP contribution is -2.28. The molecular formula is C21H25NO5. The first-order chi connectivity index (χ1) is 13.1. The number of nitrogens with one attached hydrogen (secondary N) is 1. The van der Waals surface area contributed by atoms with E-state index in [9.17, 15) is 4.79 Å². The Morgan fingerprint density at radius 2 is 1.93 bits per heavy atom. The highest BCUT2D eigenvalue weighted by atomic mass is 16.5. The van der Waals surface area contributed by atoms with E-state index in [1.165, 1.54) is 0 Å². The summed E-state index contributed by atoms with van der Waals surface area (Å²) in [6.07, 6.45) is 1.04. The van der Waals surface area contributed by atoms with Crippen molar-refractivity contribution in [3.05, 3.63) is 47.5 Å². The van der Waals surface area contributed by atoms with Crippen molar-refractivity contribution in [2.24, 2.45) is 0 Å². The molecule has 0 saturated carbocycles. The van der Waals surface area contributed by atoms with Crippen LogP contribution in [0.2, 0.25) is 0 Å². The summed E-state index contributed by atoms with van der Waals surface area (Å²) in [4.78, 5) is 12.1. The topological polar surface area (TPSA) is 66.0 Å². The molecule has 1 heterocycles. The third-order valence-corrected chi connectivity index (χ3v) is 4.28. The van der Waals surface area contributed by atoms with E-state index in [4.69, 9.17) is 18.9 Å². The van der Waals surface area contributed by atoms with Crippen LogP contribution in [0.1, 0.15) is 25.0 Å². The summed E-state index contributed by atoms with van der Waals surface area (Å²) in [5.74, 6) is 2.79. The molecule has 3 rings (SSSR count). The van der Waals surface area contributed by atoms with Gasteiger partial charge in [0, 0.05) is 24.1 Å². The molecule has 1 atom stereocenters. The van der Waals surface area contributed by atoms with Gasteiger partial charge in [0.2, 0.25) is 0 Å². The Kier molecular flexibility index (Phi) is 6.06.